The molecule has 3 rings (SSSR count). The monoisotopic (exact) mass is 491 g/mol. The predicted molar refractivity (Wildman–Crippen MR) is 125 cm³/mol. The van der Waals surface area contributed by atoms with Gasteiger partial charge in [-0.3, -0.25) is 4.72 Å². The van der Waals surface area contributed by atoms with E-state index in [0.717, 1.165) is 25.3 Å². The third-order valence-corrected chi connectivity index (χ3v) is 7.47. The fourth-order valence-electron chi connectivity index (χ4n) is 4.18. The topological polar surface area (TPSA) is 98.8 Å². The van der Waals surface area contributed by atoms with Gasteiger partial charge >= 0.3 is 11.9 Å². The molecule has 34 heavy (non-hydrogen) atoms. The van der Waals surface area contributed by atoms with Crippen molar-refractivity contribution in [3.63, 3.8) is 0 Å². The summed E-state index contributed by atoms with van der Waals surface area (Å²) < 4.78 is 51.6. The Morgan fingerprint density at radius 2 is 1.76 bits per heavy atom. The van der Waals surface area contributed by atoms with Gasteiger partial charge in [-0.1, -0.05) is 39.3 Å². The van der Waals surface area contributed by atoms with Gasteiger partial charge in [0.2, 0.25) is 0 Å². The van der Waals surface area contributed by atoms with E-state index in [-0.39, 0.29) is 28.2 Å². The largest absolute Gasteiger partial charge is 0.460 e. The van der Waals surface area contributed by atoms with Crippen LogP contribution < -0.4 is 4.72 Å². The van der Waals surface area contributed by atoms with Gasteiger partial charge in [0.1, 0.15) is 11.9 Å². The van der Waals surface area contributed by atoms with E-state index in [0.29, 0.717) is 11.8 Å². The Morgan fingerprint density at radius 1 is 1.09 bits per heavy atom. The fourth-order valence-corrected chi connectivity index (χ4v) is 5.25. The molecular weight excluding hydrogens is 461 g/mol. The molecule has 0 bridgehead atoms. The quantitative estimate of drug-likeness (QED) is 0.533. The molecule has 9 heteroatoms. The molecule has 184 valence electrons. The molecule has 1 N–H and O–H groups in total. The average molecular weight is 492 g/mol. The number of hydrogen-bond acceptors (Lipinski definition) is 6. The molecule has 7 nitrogen and oxygen atoms in total. The van der Waals surface area contributed by atoms with E-state index < -0.39 is 34.4 Å². The molecule has 2 aromatic carbocycles. The van der Waals surface area contributed by atoms with Gasteiger partial charge < -0.3 is 9.47 Å². The van der Waals surface area contributed by atoms with Crippen molar-refractivity contribution >= 4 is 27.6 Å². The van der Waals surface area contributed by atoms with Gasteiger partial charge in [0, 0.05) is 0 Å². The third kappa shape index (κ3) is 6.56. The van der Waals surface area contributed by atoms with Gasteiger partial charge in [0.05, 0.1) is 16.1 Å². The van der Waals surface area contributed by atoms with E-state index in [1.165, 1.54) is 42.5 Å². The summed E-state index contributed by atoms with van der Waals surface area (Å²) in [4.78, 5) is 24.5. The van der Waals surface area contributed by atoms with Gasteiger partial charge in [-0.2, -0.15) is 0 Å². The molecule has 1 saturated carbocycles. The highest BCUT2D eigenvalue weighted by Crippen LogP contribution is 2.35. The minimum absolute atomic E-state index is 0.0731. The maximum atomic E-state index is 13.8. The van der Waals surface area contributed by atoms with E-state index in [1.54, 1.807) is 0 Å². The standard InChI is InChI=1S/C25H30FNO6S/c1-16(2)20-13-8-17(3)14-23(20)33-24(28)15-32-25(29)18-9-11-19(12-10-18)34(30,31)27-22-7-5-4-6-21(22)26/h4-7,9-12,16-17,20,23,27H,8,13-15H2,1-3H3. The summed E-state index contributed by atoms with van der Waals surface area (Å²) >= 11 is 0. The highest BCUT2D eigenvalue weighted by atomic mass is 32.2. The van der Waals surface area contributed by atoms with E-state index in [4.69, 9.17) is 9.47 Å². The number of sulfonamides is 1. The van der Waals surface area contributed by atoms with Gasteiger partial charge in [-0.05, 0) is 67.0 Å². The number of ether oxygens (including phenoxy) is 2. The van der Waals surface area contributed by atoms with Crippen LogP contribution in [0.4, 0.5) is 10.1 Å². The van der Waals surface area contributed by atoms with E-state index in [1.807, 2.05) is 0 Å². The minimum Gasteiger partial charge on any atom is -0.460 e. The first-order valence-electron chi connectivity index (χ1n) is 11.3. The number of carbonyl (C=O) groups excluding carboxylic acids is 2. The summed E-state index contributed by atoms with van der Waals surface area (Å²) in [6, 6.07) is 10.3. The molecular formula is C25H30FNO6S. The van der Waals surface area contributed by atoms with Crippen LogP contribution in [0.2, 0.25) is 0 Å². The normalized spacial score (nSPS) is 20.6. The second-order valence-corrected chi connectivity index (χ2v) is 10.7. The first kappa shape index (κ1) is 25.7. The molecule has 1 fully saturated rings. The van der Waals surface area contributed by atoms with Crippen LogP contribution in [0.1, 0.15) is 50.4 Å². The Kier molecular flexibility index (Phi) is 8.30. The van der Waals surface area contributed by atoms with E-state index >= 15 is 0 Å². The van der Waals surface area contributed by atoms with Crippen LogP contribution in [0.15, 0.2) is 53.4 Å². The van der Waals surface area contributed by atoms with Crippen molar-refractivity contribution < 1.29 is 31.9 Å². The smallest absolute Gasteiger partial charge is 0.344 e. The Morgan fingerprint density at radius 3 is 2.41 bits per heavy atom. The lowest BCUT2D eigenvalue weighted by Crippen LogP contribution is -2.36. The molecule has 3 unspecified atom stereocenters. The third-order valence-electron chi connectivity index (χ3n) is 6.08. The molecule has 2 aromatic rings. The highest BCUT2D eigenvalue weighted by Gasteiger charge is 2.33. The molecule has 0 radical (unpaired) electrons. The van der Waals surface area contributed by atoms with Crippen LogP contribution in [0, 0.1) is 23.6 Å². The molecule has 0 aromatic heterocycles. The Hall–Kier alpha value is -2.94. The number of nitrogens with one attached hydrogen (secondary N) is 1. The molecule has 0 spiro atoms. The molecule has 0 amide bonds. The lowest BCUT2D eigenvalue weighted by atomic mass is 9.75. The second kappa shape index (κ2) is 11.0. The first-order chi connectivity index (χ1) is 16.1. The second-order valence-electron chi connectivity index (χ2n) is 9.04. The van der Waals surface area contributed by atoms with Gasteiger partial charge in [-0.25, -0.2) is 22.4 Å². The molecule has 1 aliphatic carbocycles. The number of benzene rings is 2. The van der Waals surface area contributed by atoms with Crippen LogP contribution >= 0.6 is 0 Å². The summed E-state index contributed by atoms with van der Waals surface area (Å²) in [6.45, 7) is 5.82. The Labute approximate surface area is 199 Å². The SMILES string of the molecule is CC1CCC(C(C)C)C(OC(=O)COC(=O)c2ccc(S(=O)(=O)Nc3ccccc3F)cc2)C1. The maximum absolute atomic E-state index is 13.8. The number of para-hydroxylation sites is 1. The van der Waals surface area contributed by atoms with Gasteiger partial charge in [0.15, 0.2) is 6.61 Å². The number of esters is 2. The summed E-state index contributed by atoms with van der Waals surface area (Å²) in [7, 11) is -4.05. The number of carbonyl (C=O) groups is 2. The average Bonchev–Trinajstić information content (AvgIpc) is 2.79. The first-order valence-corrected chi connectivity index (χ1v) is 12.8. The molecule has 0 heterocycles. The highest BCUT2D eigenvalue weighted by molar-refractivity contribution is 7.92. The zero-order valence-corrected chi connectivity index (χ0v) is 20.3. The van der Waals surface area contributed by atoms with Gasteiger partial charge in [0.25, 0.3) is 10.0 Å². The van der Waals surface area contributed by atoms with Crippen molar-refractivity contribution in [1.29, 1.82) is 0 Å². The lowest BCUT2D eigenvalue weighted by Gasteiger charge is -2.36. The number of halogens is 1. The maximum Gasteiger partial charge on any atom is 0.344 e. The van der Waals surface area contributed by atoms with Crippen molar-refractivity contribution in [2.24, 2.45) is 17.8 Å². The molecule has 3 atom stereocenters. The number of rotatable bonds is 8. The summed E-state index contributed by atoms with van der Waals surface area (Å²) in [5.74, 6) is -0.954. The van der Waals surface area contributed by atoms with Gasteiger partial charge in [-0.15, -0.1) is 0 Å². The van der Waals surface area contributed by atoms with Crippen molar-refractivity contribution in [3.8, 4) is 0 Å². The Bertz CT molecular complexity index is 1120. The fraction of sp³-hybridized carbons (Fsp3) is 0.440. The lowest BCUT2D eigenvalue weighted by molar-refractivity contribution is -0.159. The summed E-state index contributed by atoms with van der Waals surface area (Å²) in [5.41, 5.74) is -0.111. The predicted octanol–water partition coefficient (Wildman–Crippen LogP) is 4.79. The Balaban J connectivity index is 1.56. The van der Waals surface area contributed by atoms with Crippen molar-refractivity contribution in [1.82, 2.24) is 0 Å². The zero-order valence-electron chi connectivity index (χ0n) is 19.5. The number of anilines is 1. The van der Waals surface area contributed by atoms with E-state index in [2.05, 4.69) is 25.5 Å². The molecule has 0 aliphatic heterocycles. The van der Waals surface area contributed by atoms with Crippen LogP contribution in [0.25, 0.3) is 0 Å². The van der Waals surface area contributed by atoms with Crippen molar-refractivity contribution in [2.45, 2.75) is 51.0 Å². The van der Waals surface area contributed by atoms with Crippen molar-refractivity contribution in [3.05, 3.63) is 59.9 Å². The van der Waals surface area contributed by atoms with Crippen molar-refractivity contribution in [2.75, 3.05) is 11.3 Å². The zero-order chi connectivity index (χ0) is 24.9. The minimum atomic E-state index is -4.05. The summed E-state index contributed by atoms with van der Waals surface area (Å²) in [6.07, 6.45) is 2.70. The van der Waals surface area contributed by atoms with Crippen LogP contribution in [0.5, 0.6) is 0 Å². The molecule has 0 saturated heterocycles. The van der Waals surface area contributed by atoms with Crippen LogP contribution in [-0.4, -0.2) is 33.1 Å². The number of hydrogen-bond donors (Lipinski definition) is 1. The van der Waals surface area contributed by atoms with Crippen LogP contribution in [0.3, 0.4) is 0 Å². The van der Waals surface area contributed by atoms with E-state index in [9.17, 15) is 22.4 Å². The summed E-state index contributed by atoms with van der Waals surface area (Å²) in [5, 5.41) is 0. The van der Waals surface area contributed by atoms with Crippen LogP contribution in [-0.2, 0) is 24.3 Å². The molecule has 1 aliphatic rings.